The highest BCUT2D eigenvalue weighted by Crippen LogP contribution is 2.62. The van der Waals surface area contributed by atoms with Gasteiger partial charge in [0.2, 0.25) is 0 Å². The Morgan fingerprint density at radius 3 is 2.68 bits per heavy atom. The van der Waals surface area contributed by atoms with E-state index in [1.807, 2.05) is 12.3 Å². The molecule has 4 saturated carbocycles. The number of nitrogens with one attached hydrogen (secondary N) is 1. The molecule has 1 heterocycles. The van der Waals surface area contributed by atoms with Gasteiger partial charge in [0.1, 0.15) is 0 Å². The minimum atomic E-state index is -0.372. The Hall–Kier alpha value is -1.45. The quantitative estimate of drug-likeness (QED) is 0.885. The molecule has 3 unspecified atom stereocenters. The number of aromatic nitrogens is 1. The van der Waals surface area contributed by atoms with Crippen LogP contribution in [0.4, 0.5) is 0 Å². The maximum absolute atomic E-state index is 11.0. The molecule has 4 bridgehead atoms. The zero-order valence-electron chi connectivity index (χ0n) is 15.0. The molecule has 3 atom stereocenters. The fraction of sp³-hybridized carbons (Fsp3) is 0.591. The molecule has 3 heteroatoms. The van der Waals surface area contributed by atoms with Crippen molar-refractivity contribution in [2.45, 2.75) is 63.6 Å². The first-order valence-electron chi connectivity index (χ1n) is 9.84. The van der Waals surface area contributed by atoms with Crippen molar-refractivity contribution in [2.75, 3.05) is 0 Å². The maximum atomic E-state index is 11.0. The van der Waals surface area contributed by atoms with E-state index in [-0.39, 0.29) is 5.60 Å². The third-order valence-corrected chi connectivity index (χ3v) is 7.33. The van der Waals surface area contributed by atoms with Crippen LogP contribution >= 0.6 is 0 Å². The van der Waals surface area contributed by atoms with Gasteiger partial charge in [-0.25, -0.2) is 0 Å². The summed E-state index contributed by atoms with van der Waals surface area (Å²) in [4.78, 5) is 4.47. The molecule has 4 aliphatic rings. The van der Waals surface area contributed by atoms with Crippen molar-refractivity contribution >= 4 is 10.9 Å². The van der Waals surface area contributed by atoms with Crippen LogP contribution in [0.2, 0.25) is 0 Å². The van der Waals surface area contributed by atoms with Crippen LogP contribution in [-0.2, 0) is 6.54 Å². The molecule has 3 nitrogen and oxygen atoms in total. The van der Waals surface area contributed by atoms with Crippen LogP contribution in [0.15, 0.2) is 36.5 Å². The monoisotopic (exact) mass is 336 g/mol. The minimum absolute atomic E-state index is 0.293. The average Bonchev–Trinajstić information content (AvgIpc) is 2.57. The van der Waals surface area contributed by atoms with Gasteiger partial charge in [-0.05, 0) is 80.4 Å². The normalized spacial score (nSPS) is 37.5. The molecule has 0 amide bonds. The van der Waals surface area contributed by atoms with Gasteiger partial charge in [-0.15, -0.1) is 0 Å². The Labute approximate surface area is 149 Å². The second kappa shape index (κ2) is 5.52. The fourth-order valence-corrected chi connectivity index (χ4v) is 6.58. The molecule has 132 valence electrons. The van der Waals surface area contributed by atoms with E-state index in [1.54, 1.807) is 0 Å². The first-order chi connectivity index (χ1) is 12.1. The molecule has 6 rings (SSSR count). The van der Waals surface area contributed by atoms with Crippen LogP contribution in [0.1, 0.15) is 51.0 Å². The second-order valence-electron chi connectivity index (χ2n) is 9.14. The van der Waals surface area contributed by atoms with E-state index < -0.39 is 0 Å². The van der Waals surface area contributed by atoms with Crippen molar-refractivity contribution in [3.63, 3.8) is 0 Å². The summed E-state index contributed by atoms with van der Waals surface area (Å²) >= 11 is 0. The van der Waals surface area contributed by atoms with E-state index in [4.69, 9.17) is 0 Å². The Balaban J connectivity index is 1.36. The molecule has 1 aromatic heterocycles. The molecule has 2 N–H and O–H groups in total. The zero-order valence-corrected chi connectivity index (χ0v) is 15.0. The molecule has 4 fully saturated rings. The van der Waals surface area contributed by atoms with E-state index in [0.717, 1.165) is 43.2 Å². The van der Waals surface area contributed by atoms with Crippen molar-refractivity contribution in [2.24, 2.45) is 17.3 Å². The van der Waals surface area contributed by atoms with Gasteiger partial charge in [-0.1, -0.05) is 18.2 Å². The molecule has 4 aliphatic carbocycles. The standard InChI is InChI=1S/C22H28N2O/c1-15(21-9-16-8-17(10-21)12-22(25,11-16)14-21)24-13-18-6-7-23-20-5-3-2-4-19(18)20/h2-7,15-17,24-25H,8-14H2,1H3. The predicted molar refractivity (Wildman–Crippen MR) is 100 cm³/mol. The Morgan fingerprint density at radius 1 is 1.16 bits per heavy atom. The summed E-state index contributed by atoms with van der Waals surface area (Å²) in [6.07, 6.45) is 8.97. The zero-order chi connectivity index (χ0) is 17.1. The number of benzene rings is 1. The summed E-state index contributed by atoms with van der Waals surface area (Å²) in [6.45, 7) is 3.22. The van der Waals surface area contributed by atoms with Gasteiger partial charge in [0.25, 0.3) is 0 Å². The maximum Gasteiger partial charge on any atom is 0.0705 e. The third kappa shape index (κ3) is 2.60. The Kier molecular flexibility index (Phi) is 3.48. The van der Waals surface area contributed by atoms with Gasteiger partial charge in [0.15, 0.2) is 0 Å². The van der Waals surface area contributed by atoms with E-state index >= 15 is 0 Å². The number of fused-ring (bicyclic) bond motifs is 1. The number of aliphatic hydroxyl groups is 1. The lowest BCUT2D eigenvalue weighted by Gasteiger charge is -2.62. The van der Waals surface area contributed by atoms with Crippen molar-refractivity contribution in [1.82, 2.24) is 10.3 Å². The van der Waals surface area contributed by atoms with Crippen LogP contribution in [0.5, 0.6) is 0 Å². The predicted octanol–water partition coefficient (Wildman–Crippen LogP) is 4.04. The summed E-state index contributed by atoms with van der Waals surface area (Å²) in [5, 5.41) is 16.1. The number of hydrogen-bond acceptors (Lipinski definition) is 3. The largest absolute Gasteiger partial charge is 0.390 e. The molecule has 0 aliphatic heterocycles. The van der Waals surface area contributed by atoms with Crippen LogP contribution in [0.3, 0.4) is 0 Å². The number of para-hydroxylation sites is 1. The molecular weight excluding hydrogens is 308 g/mol. The third-order valence-electron chi connectivity index (χ3n) is 7.33. The van der Waals surface area contributed by atoms with E-state index in [9.17, 15) is 5.11 Å². The molecule has 0 saturated heterocycles. The SMILES string of the molecule is CC(NCc1ccnc2ccccc12)C12CC3CC(CC(O)(C3)C1)C2. The fourth-order valence-electron chi connectivity index (χ4n) is 6.58. The van der Waals surface area contributed by atoms with E-state index in [2.05, 4.69) is 41.5 Å². The van der Waals surface area contributed by atoms with E-state index in [0.29, 0.717) is 11.5 Å². The molecule has 1 aromatic carbocycles. The lowest BCUT2D eigenvalue weighted by Crippen LogP contribution is -2.61. The van der Waals surface area contributed by atoms with E-state index in [1.165, 1.54) is 30.2 Å². The molecule has 0 radical (unpaired) electrons. The first-order valence-corrected chi connectivity index (χ1v) is 9.84. The molecule has 2 aromatic rings. The lowest BCUT2D eigenvalue weighted by atomic mass is 9.46. The molecule has 0 spiro atoms. The molecular formula is C22H28N2O. The van der Waals surface area contributed by atoms with Crippen molar-refractivity contribution < 1.29 is 5.11 Å². The summed E-state index contributed by atoms with van der Waals surface area (Å²) in [5.74, 6) is 1.49. The van der Waals surface area contributed by atoms with Crippen LogP contribution in [0, 0.1) is 17.3 Å². The number of rotatable bonds is 4. The minimum Gasteiger partial charge on any atom is -0.390 e. The average molecular weight is 336 g/mol. The molecule has 25 heavy (non-hydrogen) atoms. The van der Waals surface area contributed by atoms with Gasteiger partial charge in [-0.3, -0.25) is 4.98 Å². The van der Waals surface area contributed by atoms with Crippen molar-refractivity contribution in [1.29, 1.82) is 0 Å². The summed E-state index contributed by atoms with van der Waals surface area (Å²) in [5.41, 5.74) is 2.31. The highest BCUT2D eigenvalue weighted by Gasteiger charge is 2.58. The smallest absolute Gasteiger partial charge is 0.0705 e. The van der Waals surface area contributed by atoms with Gasteiger partial charge in [0.05, 0.1) is 11.1 Å². The van der Waals surface area contributed by atoms with Gasteiger partial charge < -0.3 is 10.4 Å². The first kappa shape index (κ1) is 15.8. The lowest BCUT2D eigenvalue weighted by molar-refractivity contribution is -0.172. The van der Waals surface area contributed by atoms with Crippen molar-refractivity contribution in [3.8, 4) is 0 Å². The Morgan fingerprint density at radius 2 is 1.92 bits per heavy atom. The Bertz CT molecular complexity index is 782. The van der Waals surface area contributed by atoms with Gasteiger partial charge in [0, 0.05) is 24.2 Å². The van der Waals surface area contributed by atoms with Gasteiger partial charge in [-0.2, -0.15) is 0 Å². The van der Waals surface area contributed by atoms with Gasteiger partial charge >= 0.3 is 0 Å². The summed E-state index contributed by atoms with van der Waals surface area (Å²) in [6, 6.07) is 11.0. The van der Waals surface area contributed by atoms with Crippen molar-refractivity contribution in [3.05, 3.63) is 42.1 Å². The number of nitrogens with zero attached hydrogens (tertiary/aromatic N) is 1. The second-order valence-corrected chi connectivity index (χ2v) is 9.14. The highest BCUT2D eigenvalue weighted by molar-refractivity contribution is 5.81. The summed E-state index contributed by atoms with van der Waals surface area (Å²) < 4.78 is 0. The van der Waals surface area contributed by atoms with Crippen LogP contribution in [0.25, 0.3) is 10.9 Å². The number of pyridine rings is 1. The van der Waals surface area contributed by atoms with Crippen LogP contribution in [-0.4, -0.2) is 21.7 Å². The highest BCUT2D eigenvalue weighted by atomic mass is 16.3. The van der Waals surface area contributed by atoms with Crippen LogP contribution < -0.4 is 5.32 Å². The topological polar surface area (TPSA) is 45.2 Å². The number of hydrogen-bond donors (Lipinski definition) is 2. The summed E-state index contributed by atoms with van der Waals surface area (Å²) in [7, 11) is 0.